The number of carbonyl (C=O) groups is 1. The molecular formula is C17H13NO3. The average Bonchev–Trinajstić information content (AvgIpc) is 2.98. The van der Waals surface area contributed by atoms with Crippen molar-refractivity contribution in [3.63, 3.8) is 0 Å². The maximum absolute atomic E-state index is 10.9. The molecular weight excluding hydrogens is 266 g/mol. The number of aliphatic carboxylic acids is 1. The number of aromatic nitrogens is 1. The summed E-state index contributed by atoms with van der Waals surface area (Å²) in [5.74, 6) is -0.295. The van der Waals surface area contributed by atoms with Crippen LogP contribution in [0.4, 0.5) is 0 Å². The molecule has 0 saturated carbocycles. The van der Waals surface area contributed by atoms with E-state index in [2.05, 4.69) is 5.16 Å². The SMILES string of the molecule is O=C(O)Cc1ccccc1-c1cc(-c2ccccc2)no1. The molecule has 4 nitrogen and oxygen atoms in total. The van der Waals surface area contributed by atoms with Crippen LogP contribution in [0.2, 0.25) is 0 Å². The Balaban J connectivity index is 1.99. The number of benzene rings is 2. The van der Waals surface area contributed by atoms with E-state index in [0.717, 1.165) is 16.8 Å². The fourth-order valence-corrected chi connectivity index (χ4v) is 2.22. The normalized spacial score (nSPS) is 10.5. The Bertz CT molecular complexity index is 762. The number of hydrogen-bond donors (Lipinski definition) is 1. The highest BCUT2D eigenvalue weighted by atomic mass is 16.5. The zero-order valence-electron chi connectivity index (χ0n) is 11.2. The Kier molecular flexibility index (Phi) is 3.51. The van der Waals surface area contributed by atoms with Gasteiger partial charge in [-0.3, -0.25) is 4.79 Å². The Morgan fingerprint density at radius 3 is 2.52 bits per heavy atom. The summed E-state index contributed by atoms with van der Waals surface area (Å²) in [7, 11) is 0. The van der Waals surface area contributed by atoms with Crippen LogP contribution in [0.3, 0.4) is 0 Å². The first-order valence-electron chi connectivity index (χ1n) is 6.56. The van der Waals surface area contributed by atoms with E-state index in [1.165, 1.54) is 0 Å². The fraction of sp³-hybridized carbons (Fsp3) is 0.0588. The zero-order valence-corrected chi connectivity index (χ0v) is 11.2. The van der Waals surface area contributed by atoms with Crippen LogP contribution in [0.1, 0.15) is 5.56 Å². The van der Waals surface area contributed by atoms with Crippen LogP contribution in [0, 0.1) is 0 Å². The van der Waals surface area contributed by atoms with E-state index in [0.29, 0.717) is 11.3 Å². The van der Waals surface area contributed by atoms with E-state index >= 15 is 0 Å². The van der Waals surface area contributed by atoms with Crippen LogP contribution < -0.4 is 0 Å². The average molecular weight is 279 g/mol. The van der Waals surface area contributed by atoms with Gasteiger partial charge in [-0.1, -0.05) is 59.8 Å². The van der Waals surface area contributed by atoms with E-state index in [1.807, 2.05) is 54.6 Å². The molecule has 0 unspecified atom stereocenters. The Morgan fingerprint density at radius 2 is 1.76 bits per heavy atom. The van der Waals surface area contributed by atoms with Crippen molar-refractivity contribution >= 4 is 5.97 Å². The smallest absolute Gasteiger partial charge is 0.307 e. The molecule has 0 fully saturated rings. The highest BCUT2D eigenvalue weighted by molar-refractivity contribution is 5.76. The number of carboxylic acid groups (broad SMARTS) is 1. The van der Waals surface area contributed by atoms with Crippen molar-refractivity contribution in [1.29, 1.82) is 0 Å². The summed E-state index contributed by atoms with van der Waals surface area (Å²) in [6.45, 7) is 0. The van der Waals surface area contributed by atoms with Gasteiger partial charge < -0.3 is 9.63 Å². The molecule has 0 atom stereocenters. The van der Waals surface area contributed by atoms with Gasteiger partial charge in [-0.15, -0.1) is 0 Å². The van der Waals surface area contributed by atoms with Crippen molar-refractivity contribution in [3.8, 4) is 22.6 Å². The molecule has 0 spiro atoms. The lowest BCUT2D eigenvalue weighted by atomic mass is 10.0. The minimum absolute atomic E-state index is 0.0441. The molecule has 0 amide bonds. The van der Waals surface area contributed by atoms with Gasteiger partial charge in [0.15, 0.2) is 5.76 Å². The molecule has 1 N–H and O–H groups in total. The third-order valence-electron chi connectivity index (χ3n) is 3.20. The van der Waals surface area contributed by atoms with Crippen LogP contribution in [0.15, 0.2) is 65.2 Å². The van der Waals surface area contributed by atoms with E-state index in [-0.39, 0.29) is 6.42 Å². The summed E-state index contributed by atoms with van der Waals surface area (Å²) in [4.78, 5) is 10.9. The number of rotatable bonds is 4. The van der Waals surface area contributed by atoms with Crippen molar-refractivity contribution < 1.29 is 14.4 Å². The minimum Gasteiger partial charge on any atom is -0.481 e. The van der Waals surface area contributed by atoms with Gasteiger partial charge in [-0.25, -0.2) is 0 Å². The second-order valence-corrected chi connectivity index (χ2v) is 4.67. The molecule has 3 rings (SSSR count). The molecule has 0 saturated heterocycles. The Morgan fingerprint density at radius 1 is 1.05 bits per heavy atom. The third kappa shape index (κ3) is 2.84. The fourth-order valence-electron chi connectivity index (χ4n) is 2.22. The van der Waals surface area contributed by atoms with E-state index < -0.39 is 5.97 Å². The third-order valence-corrected chi connectivity index (χ3v) is 3.20. The molecule has 0 bridgehead atoms. The maximum Gasteiger partial charge on any atom is 0.307 e. The molecule has 0 aliphatic rings. The molecule has 1 aromatic heterocycles. The van der Waals surface area contributed by atoms with Crippen molar-refractivity contribution in [2.75, 3.05) is 0 Å². The van der Waals surface area contributed by atoms with E-state index in [9.17, 15) is 4.79 Å². The molecule has 3 aromatic rings. The molecule has 1 heterocycles. The van der Waals surface area contributed by atoms with Gasteiger partial charge in [0.05, 0.1) is 6.42 Å². The van der Waals surface area contributed by atoms with Gasteiger partial charge in [0.2, 0.25) is 0 Å². The first-order chi connectivity index (χ1) is 10.2. The predicted molar refractivity (Wildman–Crippen MR) is 78.7 cm³/mol. The van der Waals surface area contributed by atoms with Gasteiger partial charge in [0.25, 0.3) is 0 Å². The topological polar surface area (TPSA) is 63.3 Å². The van der Waals surface area contributed by atoms with Gasteiger partial charge in [-0.05, 0) is 5.56 Å². The van der Waals surface area contributed by atoms with Crippen LogP contribution in [0.25, 0.3) is 22.6 Å². The summed E-state index contributed by atoms with van der Waals surface area (Å²) in [5.41, 5.74) is 3.16. The largest absolute Gasteiger partial charge is 0.481 e. The lowest BCUT2D eigenvalue weighted by molar-refractivity contribution is -0.136. The molecule has 0 aliphatic carbocycles. The summed E-state index contributed by atoms with van der Waals surface area (Å²) in [6, 6.07) is 18.8. The highest BCUT2D eigenvalue weighted by Crippen LogP contribution is 2.28. The monoisotopic (exact) mass is 279 g/mol. The standard InChI is InChI=1S/C17H13NO3/c19-17(20)10-13-8-4-5-9-14(13)16-11-15(18-21-16)12-6-2-1-3-7-12/h1-9,11H,10H2,(H,19,20). The van der Waals surface area contributed by atoms with Gasteiger partial charge in [0, 0.05) is 17.2 Å². The minimum atomic E-state index is -0.870. The van der Waals surface area contributed by atoms with E-state index in [4.69, 9.17) is 9.63 Å². The van der Waals surface area contributed by atoms with Crippen LogP contribution in [0.5, 0.6) is 0 Å². The highest BCUT2D eigenvalue weighted by Gasteiger charge is 2.13. The summed E-state index contributed by atoms with van der Waals surface area (Å²) in [5, 5.41) is 13.0. The Hall–Kier alpha value is -2.88. The van der Waals surface area contributed by atoms with Crippen molar-refractivity contribution in [2.24, 2.45) is 0 Å². The van der Waals surface area contributed by atoms with Crippen molar-refractivity contribution in [1.82, 2.24) is 5.16 Å². The second-order valence-electron chi connectivity index (χ2n) is 4.67. The zero-order chi connectivity index (χ0) is 14.7. The Labute approximate surface area is 121 Å². The van der Waals surface area contributed by atoms with Gasteiger partial charge in [0.1, 0.15) is 5.69 Å². The lowest BCUT2D eigenvalue weighted by Crippen LogP contribution is -2.01. The predicted octanol–water partition coefficient (Wildman–Crippen LogP) is 3.64. The van der Waals surface area contributed by atoms with Gasteiger partial charge in [-0.2, -0.15) is 0 Å². The van der Waals surface area contributed by atoms with Crippen LogP contribution in [-0.4, -0.2) is 16.2 Å². The lowest BCUT2D eigenvalue weighted by Gasteiger charge is -2.03. The summed E-state index contributed by atoms with van der Waals surface area (Å²) < 4.78 is 5.38. The number of nitrogens with zero attached hydrogens (tertiary/aromatic N) is 1. The molecule has 4 heteroatoms. The summed E-state index contributed by atoms with van der Waals surface area (Å²) in [6.07, 6.45) is -0.0441. The maximum atomic E-state index is 10.9. The number of hydrogen-bond acceptors (Lipinski definition) is 3. The van der Waals surface area contributed by atoms with Crippen LogP contribution in [-0.2, 0) is 11.2 Å². The van der Waals surface area contributed by atoms with E-state index in [1.54, 1.807) is 6.07 Å². The summed E-state index contributed by atoms with van der Waals surface area (Å²) >= 11 is 0. The molecule has 2 aromatic carbocycles. The quantitative estimate of drug-likeness (QED) is 0.792. The molecule has 104 valence electrons. The first-order valence-corrected chi connectivity index (χ1v) is 6.56. The molecule has 21 heavy (non-hydrogen) atoms. The van der Waals surface area contributed by atoms with Gasteiger partial charge >= 0.3 is 5.97 Å². The first kappa shape index (κ1) is 13.1. The van der Waals surface area contributed by atoms with Crippen LogP contribution >= 0.6 is 0 Å². The van der Waals surface area contributed by atoms with Crippen molar-refractivity contribution in [2.45, 2.75) is 6.42 Å². The number of carboxylic acids is 1. The molecule has 0 aliphatic heterocycles. The van der Waals surface area contributed by atoms with Crippen molar-refractivity contribution in [3.05, 3.63) is 66.2 Å². The molecule has 0 radical (unpaired) electrons. The second kappa shape index (κ2) is 5.63.